The lowest BCUT2D eigenvalue weighted by atomic mass is 9.57. The Morgan fingerprint density at radius 1 is 1.23 bits per heavy atom. The van der Waals surface area contributed by atoms with Gasteiger partial charge in [0.1, 0.15) is 0 Å². The van der Waals surface area contributed by atoms with E-state index in [1.165, 1.54) is 0 Å². The standard InChI is InChI=1S/C20H31NO5/c1-11-5-7-16-14(4)18(9-17(22)12(2)10-21)25-19-20(16,26-23)15(11)8-6-13(3)24-19/h11,13-19,22-23H,2,5-9H2,1,3-4H3/t11-,13+,14-,15+,16+,17-,18-,19+,20-/m1/s1. The molecule has 0 spiro atoms. The Kier molecular flexibility index (Phi) is 5.76. The summed E-state index contributed by atoms with van der Waals surface area (Å²) in [4.78, 5) is 5.26. The zero-order valence-corrected chi connectivity index (χ0v) is 15.9. The fourth-order valence-corrected chi connectivity index (χ4v) is 5.49. The molecule has 2 heterocycles. The van der Waals surface area contributed by atoms with Gasteiger partial charge in [-0.1, -0.05) is 20.4 Å². The summed E-state index contributed by atoms with van der Waals surface area (Å²) in [5.74, 6) is 0.728. The minimum atomic E-state index is -0.934. The second kappa shape index (κ2) is 7.57. The predicted molar refractivity (Wildman–Crippen MR) is 94.8 cm³/mol. The van der Waals surface area contributed by atoms with Crippen molar-refractivity contribution in [3.8, 4) is 6.07 Å². The topological polar surface area (TPSA) is 91.9 Å². The molecule has 0 aromatic rings. The third kappa shape index (κ3) is 3.10. The van der Waals surface area contributed by atoms with Crippen molar-refractivity contribution in [2.75, 3.05) is 0 Å². The van der Waals surface area contributed by atoms with E-state index >= 15 is 0 Å². The van der Waals surface area contributed by atoms with Crippen molar-refractivity contribution in [1.82, 2.24) is 0 Å². The van der Waals surface area contributed by atoms with Gasteiger partial charge < -0.3 is 14.6 Å². The van der Waals surface area contributed by atoms with E-state index in [9.17, 15) is 10.4 Å². The van der Waals surface area contributed by atoms with Crippen LogP contribution >= 0.6 is 0 Å². The average molecular weight is 365 g/mol. The SMILES string of the molecule is C=C(C#N)[C@H](O)C[C@H]1O[C@@H]2O[C@@H](C)CC[C@H]3[C@H](C)CC[C@@H]([C@H]1C)[C@@]23OO. The van der Waals surface area contributed by atoms with E-state index in [1.54, 1.807) is 0 Å². The molecule has 26 heavy (non-hydrogen) atoms. The molecule has 3 rings (SSSR count). The van der Waals surface area contributed by atoms with Crippen LogP contribution in [0.5, 0.6) is 0 Å². The molecule has 1 saturated carbocycles. The number of ether oxygens (including phenoxy) is 2. The van der Waals surface area contributed by atoms with Crippen LogP contribution in [-0.4, -0.2) is 40.6 Å². The second-order valence-corrected chi connectivity index (χ2v) is 8.49. The first-order valence-corrected chi connectivity index (χ1v) is 9.75. The van der Waals surface area contributed by atoms with Gasteiger partial charge in [-0.15, -0.1) is 0 Å². The maximum Gasteiger partial charge on any atom is 0.190 e. The van der Waals surface area contributed by atoms with Gasteiger partial charge in [-0.05, 0) is 50.4 Å². The molecule has 2 N–H and O–H groups in total. The van der Waals surface area contributed by atoms with Gasteiger partial charge in [-0.3, -0.25) is 5.26 Å². The zero-order chi connectivity index (χ0) is 19.1. The Balaban J connectivity index is 1.93. The van der Waals surface area contributed by atoms with E-state index in [0.29, 0.717) is 12.3 Å². The Bertz CT molecular complexity index is 575. The molecule has 0 unspecified atom stereocenters. The maximum absolute atomic E-state index is 10.3. The summed E-state index contributed by atoms with van der Waals surface area (Å²) in [7, 11) is 0. The van der Waals surface area contributed by atoms with Crippen LogP contribution < -0.4 is 0 Å². The summed E-state index contributed by atoms with van der Waals surface area (Å²) >= 11 is 0. The Labute approximate surface area is 155 Å². The van der Waals surface area contributed by atoms with Crippen LogP contribution in [0.25, 0.3) is 0 Å². The van der Waals surface area contributed by atoms with E-state index in [-0.39, 0.29) is 35.5 Å². The highest BCUT2D eigenvalue weighted by atomic mass is 17.1. The highest BCUT2D eigenvalue weighted by Crippen LogP contribution is 2.56. The highest BCUT2D eigenvalue weighted by Gasteiger charge is 2.64. The molecule has 9 atom stereocenters. The largest absolute Gasteiger partial charge is 0.388 e. The van der Waals surface area contributed by atoms with Crippen molar-refractivity contribution >= 4 is 0 Å². The number of rotatable bonds is 4. The molecule has 2 aliphatic heterocycles. The molecule has 0 aromatic carbocycles. The Morgan fingerprint density at radius 3 is 2.58 bits per heavy atom. The fraction of sp³-hybridized carbons (Fsp3) is 0.850. The van der Waals surface area contributed by atoms with Gasteiger partial charge >= 0.3 is 0 Å². The molecule has 0 radical (unpaired) electrons. The smallest absolute Gasteiger partial charge is 0.190 e. The van der Waals surface area contributed by atoms with Gasteiger partial charge in [0.05, 0.1) is 30.0 Å². The van der Waals surface area contributed by atoms with Crippen molar-refractivity contribution in [2.24, 2.45) is 23.7 Å². The molecule has 0 aromatic heterocycles. The van der Waals surface area contributed by atoms with Crippen molar-refractivity contribution in [1.29, 1.82) is 5.26 Å². The van der Waals surface area contributed by atoms with Gasteiger partial charge in [0.15, 0.2) is 11.9 Å². The lowest BCUT2D eigenvalue weighted by Gasteiger charge is -2.58. The van der Waals surface area contributed by atoms with E-state index in [0.717, 1.165) is 25.7 Å². The van der Waals surface area contributed by atoms with Gasteiger partial charge in [0.2, 0.25) is 0 Å². The first-order chi connectivity index (χ1) is 12.3. The molecule has 146 valence electrons. The number of hydrogen-bond donors (Lipinski definition) is 2. The van der Waals surface area contributed by atoms with Crippen LogP contribution in [0.1, 0.15) is 52.9 Å². The molecule has 3 fully saturated rings. The lowest BCUT2D eigenvalue weighted by molar-refractivity contribution is -0.445. The Morgan fingerprint density at radius 2 is 1.92 bits per heavy atom. The predicted octanol–water partition coefficient (Wildman–Crippen LogP) is 3.27. The monoisotopic (exact) mass is 365 g/mol. The van der Waals surface area contributed by atoms with Crippen LogP contribution in [-0.2, 0) is 14.4 Å². The number of nitriles is 1. The maximum atomic E-state index is 10.3. The third-order valence-corrected chi connectivity index (χ3v) is 7.07. The van der Waals surface area contributed by atoms with Crippen molar-refractivity contribution in [2.45, 2.75) is 83.1 Å². The molecule has 6 nitrogen and oxygen atoms in total. The molecule has 1 aliphatic carbocycles. The van der Waals surface area contributed by atoms with Gasteiger partial charge in [0.25, 0.3) is 0 Å². The first kappa shape index (κ1) is 19.8. The third-order valence-electron chi connectivity index (χ3n) is 7.07. The summed E-state index contributed by atoms with van der Waals surface area (Å²) in [6, 6.07) is 1.91. The van der Waals surface area contributed by atoms with Crippen molar-refractivity contribution < 1.29 is 24.7 Å². The highest BCUT2D eigenvalue weighted by molar-refractivity contribution is 5.21. The van der Waals surface area contributed by atoms with Gasteiger partial charge in [0, 0.05) is 12.3 Å². The summed E-state index contributed by atoms with van der Waals surface area (Å²) in [5.41, 5.74) is -0.725. The van der Waals surface area contributed by atoms with Crippen LogP contribution in [0.4, 0.5) is 0 Å². The first-order valence-electron chi connectivity index (χ1n) is 9.75. The number of aliphatic hydroxyl groups is 1. The van der Waals surface area contributed by atoms with Crippen LogP contribution in [0.3, 0.4) is 0 Å². The normalized spacial score (nSPS) is 46.5. The zero-order valence-electron chi connectivity index (χ0n) is 15.9. The molecule has 6 heteroatoms. The van der Waals surface area contributed by atoms with Crippen molar-refractivity contribution in [3.63, 3.8) is 0 Å². The van der Waals surface area contributed by atoms with Crippen molar-refractivity contribution in [3.05, 3.63) is 12.2 Å². The fourth-order valence-electron chi connectivity index (χ4n) is 5.49. The minimum Gasteiger partial charge on any atom is -0.388 e. The molecule has 0 bridgehead atoms. The second-order valence-electron chi connectivity index (χ2n) is 8.49. The summed E-state index contributed by atoms with van der Waals surface area (Å²) in [5, 5.41) is 29.3. The molecular formula is C20H31NO5. The molecule has 0 amide bonds. The number of hydrogen-bond acceptors (Lipinski definition) is 6. The minimum absolute atomic E-state index is 0.0125. The molecular weight excluding hydrogens is 334 g/mol. The van der Waals surface area contributed by atoms with E-state index in [1.807, 2.05) is 13.0 Å². The quantitative estimate of drug-likeness (QED) is 0.451. The average Bonchev–Trinajstić information content (AvgIpc) is 2.77. The van der Waals surface area contributed by atoms with Gasteiger partial charge in [-0.25, -0.2) is 4.89 Å². The molecule has 2 saturated heterocycles. The number of aliphatic hydroxyl groups excluding tert-OH is 1. The molecule has 3 aliphatic rings. The van der Waals surface area contributed by atoms with Crippen LogP contribution in [0.15, 0.2) is 12.2 Å². The summed E-state index contributed by atoms with van der Waals surface area (Å²) < 4.78 is 12.4. The lowest BCUT2D eigenvalue weighted by Crippen LogP contribution is -2.67. The van der Waals surface area contributed by atoms with Crippen LogP contribution in [0, 0.1) is 35.0 Å². The van der Waals surface area contributed by atoms with E-state index < -0.39 is 18.0 Å². The van der Waals surface area contributed by atoms with Crippen LogP contribution in [0.2, 0.25) is 0 Å². The van der Waals surface area contributed by atoms with Gasteiger partial charge in [-0.2, -0.15) is 5.26 Å². The van der Waals surface area contributed by atoms with E-state index in [4.69, 9.17) is 19.6 Å². The Hall–Kier alpha value is -0.970. The number of nitrogens with zero attached hydrogens (tertiary/aromatic N) is 1. The summed E-state index contributed by atoms with van der Waals surface area (Å²) in [6.07, 6.45) is 2.24. The summed E-state index contributed by atoms with van der Waals surface area (Å²) in [6.45, 7) is 9.92. The van der Waals surface area contributed by atoms with E-state index in [2.05, 4.69) is 20.4 Å².